The van der Waals surface area contributed by atoms with E-state index < -0.39 is 0 Å². The third kappa shape index (κ3) is 5.07. The summed E-state index contributed by atoms with van der Waals surface area (Å²) < 4.78 is 0. The maximum atomic E-state index is 13.1. The second-order valence-electron chi connectivity index (χ2n) is 7.09. The molecule has 1 aliphatic heterocycles. The number of thiazole rings is 1. The molecule has 2 aromatic heterocycles. The van der Waals surface area contributed by atoms with Gasteiger partial charge in [-0.2, -0.15) is 0 Å². The minimum absolute atomic E-state index is 0.0622. The number of anilines is 1. The van der Waals surface area contributed by atoms with Gasteiger partial charge in [0, 0.05) is 32.4 Å². The van der Waals surface area contributed by atoms with Crippen molar-refractivity contribution in [1.29, 1.82) is 0 Å². The summed E-state index contributed by atoms with van der Waals surface area (Å²) in [6.45, 7) is 5.54. The number of hydrogen-bond acceptors (Lipinski definition) is 6. The predicted molar refractivity (Wildman–Crippen MR) is 111 cm³/mol. The molecule has 0 radical (unpaired) electrons. The summed E-state index contributed by atoms with van der Waals surface area (Å²) in [6.07, 6.45) is 2.58. The van der Waals surface area contributed by atoms with E-state index in [1.54, 1.807) is 16.8 Å². The van der Waals surface area contributed by atoms with Crippen molar-refractivity contribution in [2.45, 2.75) is 33.1 Å². The van der Waals surface area contributed by atoms with E-state index in [2.05, 4.69) is 15.3 Å². The van der Waals surface area contributed by atoms with Crippen molar-refractivity contribution in [2.24, 2.45) is 0 Å². The van der Waals surface area contributed by atoms with Crippen LogP contribution >= 0.6 is 11.3 Å². The molecule has 0 atom stereocenters. The van der Waals surface area contributed by atoms with Crippen molar-refractivity contribution in [3.05, 3.63) is 39.5 Å². The van der Waals surface area contributed by atoms with Gasteiger partial charge in [0.1, 0.15) is 17.2 Å². The number of rotatable bonds is 1. The van der Waals surface area contributed by atoms with Crippen LogP contribution in [0.3, 0.4) is 0 Å². The Bertz CT molecular complexity index is 851. The number of nitrogens with zero attached hydrogens (tertiary/aromatic N) is 4. The Morgan fingerprint density at radius 1 is 1.18 bits per heavy atom. The molecule has 3 rings (SSSR count). The fourth-order valence-corrected chi connectivity index (χ4v) is 4.10. The zero-order chi connectivity index (χ0) is 20.1. The highest BCUT2D eigenvalue weighted by atomic mass is 32.1. The summed E-state index contributed by atoms with van der Waals surface area (Å²) in [6, 6.07) is 5.96. The number of hydrogen-bond donors (Lipinski definition) is 1. The van der Waals surface area contributed by atoms with Crippen molar-refractivity contribution in [1.82, 2.24) is 19.8 Å². The van der Waals surface area contributed by atoms with Crippen LogP contribution in [-0.2, 0) is 11.2 Å². The Hall–Kier alpha value is -2.48. The number of nitrogens with one attached hydrogen (secondary N) is 1. The first-order valence-electron chi connectivity index (χ1n) is 9.61. The molecule has 1 aliphatic rings. The lowest BCUT2D eigenvalue weighted by molar-refractivity contribution is -0.130. The van der Waals surface area contributed by atoms with Crippen LogP contribution in [0.25, 0.3) is 0 Å². The van der Waals surface area contributed by atoms with Gasteiger partial charge < -0.3 is 15.1 Å². The molecule has 0 aliphatic carbocycles. The molecule has 3 heterocycles. The van der Waals surface area contributed by atoms with E-state index >= 15 is 0 Å². The summed E-state index contributed by atoms with van der Waals surface area (Å²) in [5, 5.41) is 4.13. The molecule has 0 saturated carbocycles. The molecule has 1 N–H and O–H groups in total. The van der Waals surface area contributed by atoms with Crippen molar-refractivity contribution in [3.8, 4) is 0 Å². The summed E-state index contributed by atoms with van der Waals surface area (Å²) >= 11 is 1.39. The number of carbonyl (C=O) groups excluding carboxylic acids is 2. The maximum Gasteiger partial charge on any atom is 0.266 e. The van der Waals surface area contributed by atoms with Crippen LogP contribution in [0.5, 0.6) is 0 Å². The Balaban J connectivity index is 1.77. The zero-order valence-electron chi connectivity index (χ0n) is 16.7. The van der Waals surface area contributed by atoms with E-state index in [1.165, 1.54) is 11.3 Å². The van der Waals surface area contributed by atoms with Crippen molar-refractivity contribution in [2.75, 3.05) is 38.5 Å². The average molecular weight is 402 g/mol. The molecule has 2 amide bonds. The first kappa shape index (κ1) is 20.3. The number of pyridine rings is 1. The highest BCUT2D eigenvalue weighted by molar-refractivity contribution is 7.13. The third-order valence-electron chi connectivity index (χ3n) is 4.81. The maximum absolute atomic E-state index is 13.1. The predicted octanol–water partition coefficient (Wildman–Crippen LogP) is 2.50. The quantitative estimate of drug-likeness (QED) is 0.794. The molecule has 150 valence electrons. The third-order valence-corrected chi connectivity index (χ3v) is 5.87. The normalized spacial score (nSPS) is 16.5. The van der Waals surface area contributed by atoms with Gasteiger partial charge in [-0.15, -0.1) is 11.3 Å². The molecule has 0 aromatic carbocycles. The van der Waals surface area contributed by atoms with Crippen molar-refractivity contribution >= 4 is 29.0 Å². The number of amides is 2. The average Bonchev–Trinajstić information content (AvgIpc) is 3.01. The number of fused-ring (bicyclic) bond motifs is 2. The lowest BCUT2D eigenvalue weighted by Gasteiger charge is -2.25. The molecule has 0 unspecified atom stereocenters. The SMILES string of the molecule is Cc1nc(C)c(C(=O)N2CCCCc3cccc(n3)NCCN(C)C(=O)C2)s1. The second-order valence-corrected chi connectivity index (χ2v) is 8.29. The highest BCUT2D eigenvalue weighted by Gasteiger charge is 2.24. The van der Waals surface area contributed by atoms with Crippen molar-refractivity contribution < 1.29 is 9.59 Å². The largest absolute Gasteiger partial charge is 0.368 e. The standard InChI is InChI=1S/C20H27N5O2S/c1-14-19(28-15(2)22-14)20(27)25-11-5-4-7-16-8-6-9-17(23-16)21-10-12-24(3)18(26)13-25/h6,8-9H,4-5,7,10-13H2,1-3H3,(H,21,23). The smallest absolute Gasteiger partial charge is 0.266 e. The lowest BCUT2D eigenvalue weighted by atomic mass is 10.1. The van der Waals surface area contributed by atoms with Gasteiger partial charge >= 0.3 is 0 Å². The van der Waals surface area contributed by atoms with Gasteiger partial charge in [0.25, 0.3) is 5.91 Å². The Kier molecular flexibility index (Phi) is 6.61. The highest BCUT2D eigenvalue weighted by Crippen LogP contribution is 2.20. The van der Waals surface area contributed by atoms with E-state index in [0.717, 1.165) is 41.5 Å². The molecular formula is C20H27N5O2S. The van der Waals surface area contributed by atoms with Crippen LogP contribution in [-0.4, -0.2) is 64.8 Å². The van der Waals surface area contributed by atoms with Crippen LogP contribution in [0.1, 0.15) is 38.9 Å². The fourth-order valence-electron chi connectivity index (χ4n) is 3.21. The van der Waals surface area contributed by atoms with E-state index in [-0.39, 0.29) is 18.4 Å². The van der Waals surface area contributed by atoms with Gasteiger partial charge in [-0.05, 0) is 45.2 Å². The van der Waals surface area contributed by atoms with Gasteiger partial charge in [0.2, 0.25) is 5.91 Å². The summed E-state index contributed by atoms with van der Waals surface area (Å²) in [4.78, 5) is 38.7. The van der Waals surface area contributed by atoms with Gasteiger partial charge in [-0.3, -0.25) is 9.59 Å². The first-order valence-corrected chi connectivity index (χ1v) is 10.4. The van der Waals surface area contributed by atoms with E-state index in [9.17, 15) is 9.59 Å². The summed E-state index contributed by atoms with van der Waals surface area (Å²) in [5.41, 5.74) is 1.77. The van der Waals surface area contributed by atoms with Gasteiger partial charge in [-0.1, -0.05) is 6.07 Å². The first-order chi connectivity index (χ1) is 13.4. The van der Waals surface area contributed by atoms with Crippen molar-refractivity contribution in [3.63, 3.8) is 0 Å². The molecule has 28 heavy (non-hydrogen) atoms. The zero-order valence-corrected chi connectivity index (χ0v) is 17.5. The topological polar surface area (TPSA) is 78.4 Å². The molecule has 2 aromatic rings. The van der Waals surface area contributed by atoms with Crippen LogP contribution in [0.2, 0.25) is 0 Å². The van der Waals surface area contributed by atoms with Gasteiger partial charge in [0.05, 0.1) is 10.7 Å². The molecule has 0 saturated heterocycles. The minimum Gasteiger partial charge on any atom is -0.368 e. The number of aryl methyl sites for hydroxylation is 3. The summed E-state index contributed by atoms with van der Waals surface area (Å²) in [5.74, 6) is 0.672. The Morgan fingerprint density at radius 3 is 2.75 bits per heavy atom. The number of carbonyl (C=O) groups is 2. The Labute approximate surface area is 169 Å². The van der Waals surface area contributed by atoms with Crippen LogP contribution < -0.4 is 5.32 Å². The molecule has 7 nitrogen and oxygen atoms in total. The van der Waals surface area contributed by atoms with E-state index in [0.29, 0.717) is 24.5 Å². The molecular weight excluding hydrogens is 374 g/mol. The molecule has 2 bridgehead atoms. The van der Waals surface area contributed by atoms with Crippen LogP contribution in [0.4, 0.5) is 5.82 Å². The van der Waals surface area contributed by atoms with Crippen LogP contribution in [0.15, 0.2) is 18.2 Å². The Morgan fingerprint density at radius 2 is 2.00 bits per heavy atom. The molecule has 0 spiro atoms. The summed E-state index contributed by atoms with van der Waals surface area (Å²) in [7, 11) is 1.77. The van der Waals surface area contributed by atoms with Crippen LogP contribution in [0, 0.1) is 13.8 Å². The molecule has 0 fully saturated rings. The lowest BCUT2D eigenvalue weighted by Crippen LogP contribution is -2.43. The van der Waals surface area contributed by atoms with Gasteiger partial charge in [-0.25, -0.2) is 9.97 Å². The minimum atomic E-state index is -0.102. The van der Waals surface area contributed by atoms with E-state index in [4.69, 9.17) is 0 Å². The number of likely N-dealkylation sites (N-methyl/N-ethyl adjacent to an activating group) is 1. The van der Waals surface area contributed by atoms with Gasteiger partial charge in [0.15, 0.2) is 0 Å². The second kappa shape index (κ2) is 9.14. The molecule has 8 heteroatoms. The van der Waals surface area contributed by atoms with E-state index in [1.807, 2.05) is 32.0 Å². The fraction of sp³-hybridized carbons (Fsp3) is 0.500. The number of aromatic nitrogens is 2. The monoisotopic (exact) mass is 401 g/mol.